The molecule has 0 aliphatic carbocycles. The summed E-state index contributed by atoms with van der Waals surface area (Å²) in [6.45, 7) is 8.35. The van der Waals surface area contributed by atoms with E-state index in [9.17, 15) is 4.79 Å². The normalized spacial score (nSPS) is 15.4. The van der Waals surface area contributed by atoms with E-state index in [1.165, 1.54) is 0 Å². The molecule has 1 aromatic carbocycles. The van der Waals surface area contributed by atoms with Crippen LogP contribution in [0.15, 0.2) is 24.3 Å². The van der Waals surface area contributed by atoms with Crippen LogP contribution in [0.1, 0.15) is 49.9 Å². The fourth-order valence-electron chi connectivity index (χ4n) is 2.60. The van der Waals surface area contributed by atoms with E-state index in [0.29, 0.717) is 18.8 Å². The third kappa shape index (κ3) is 7.04. The van der Waals surface area contributed by atoms with Gasteiger partial charge < -0.3 is 18.9 Å². The quantitative estimate of drug-likeness (QED) is 0.423. The number of benzene rings is 1. The Morgan fingerprint density at radius 2 is 1.76 bits per heavy atom. The highest BCUT2D eigenvalue weighted by Crippen LogP contribution is 2.26. The molecule has 1 aliphatic rings. The van der Waals surface area contributed by atoms with Crippen molar-refractivity contribution in [2.75, 3.05) is 39.6 Å². The molecule has 0 radical (unpaired) electrons. The van der Waals surface area contributed by atoms with Gasteiger partial charge in [0.25, 0.3) is 0 Å². The van der Waals surface area contributed by atoms with E-state index >= 15 is 0 Å². The standard InChI is InChI=1S/C20H30O5/c1-3-24-19(21)17-8-10-18(11-9-17)25-13-7-5-4-6-12-22-14-20(2)15-23-16-20/h8-11H,3-7,12-16H2,1-2H3. The summed E-state index contributed by atoms with van der Waals surface area (Å²) in [4.78, 5) is 11.6. The van der Waals surface area contributed by atoms with Crippen LogP contribution in [0.4, 0.5) is 0 Å². The molecule has 0 bridgehead atoms. The molecule has 0 aromatic heterocycles. The predicted octanol–water partition coefficient (Wildman–Crippen LogP) is 3.86. The average Bonchev–Trinajstić information content (AvgIpc) is 2.59. The average molecular weight is 350 g/mol. The van der Waals surface area contributed by atoms with Gasteiger partial charge in [0.2, 0.25) is 0 Å². The van der Waals surface area contributed by atoms with Gasteiger partial charge in [-0.3, -0.25) is 0 Å². The van der Waals surface area contributed by atoms with E-state index in [0.717, 1.165) is 57.9 Å². The Bertz CT molecular complexity index is 507. The molecule has 0 N–H and O–H groups in total. The molecule has 1 heterocycles. The van der Waals surface area contributed by atoms with Crippen molar-refractivity contribution in [3.8, 4) is 5.75 Å². The van der Waals surface area contributed by atoms with E-state index < -0.39 is 0 Å². The largest absolute Gasteiger partial charge is 0.494 e. The van der Waals surface area contributed by atoms with Crippen LogP contribution in [0, 0.1) is 5.41 Å². The van der Waals surface area contributed by atoms with Crippen molar-refractivity contribution >= 4 is 5.97 Å². The highest BCUT2D eigenvalue weighted by molar-refractivity contribution is 5.89. The van der Waals surface area contributed by atoms with Crippen molar-refractivity contribution < 1.29 is 23.7 Å². The van der Waals surface area contributed by atoms with E-state index in [-0.39, 0.29) is 11.4 Å². The number of hydrogen-bond donors (Lipinski definition) is 0. The maximum absolute atomic E-state index is 11.6. The van der Waals surface area contributed by atoms with Crippen LogP contribution in [0.5, 0.6) is 5.75 Å². The molecule has 140 valence electrons. The molecule has 1 aliphatic heterocycles. The monoisotopic (exact) mass is 350 g/mol. The molecule has 0 saturated carbocycles. The van der Waals surface area contributed by atoms with E-state index in [4.69, 9.17) is 18.9 Å². The molecule has 1 fully saturated rings. The number of esters is 1. The molecule has 2 rings (SSSR count). The second kappa shape index (κ2) is 10.4. The maximum Gasteiger partial charge on any atom is 0.338 e. The highest BCUT2D eigenvalue weighted by Gasteiger charge is 2.33. The first-order valence-corrected chi connectivity index (χ1v) is 9.18. The Morgan fingerprint density at radius 3 is 2.36 bits per heavy atom. The van der Waals surface area contributed by atoms with E-state index in [1.807, 2.05) is 12.1 Å². The summed E-state index contributed by atoms with van der Waals surface area (Å²) in [6, 6.07) is 7.09. The van der Waals surface area contributed by atoms with Gasteiger partial charge in [-0.05, 0) is 50.5 Å². The van der Waals surface area contributed by atoms with Crippen molar-refractivity contribution in [1.29, 1.82) is 0 Å². The summed E-state index contributed by atoms with van der Waals surface area (Å²) in [6.07, 6.45) is 4.39. The zero-order chi connectivity index (χ0) is 18.0. The molecule has 0 unspecified atom stereocenters. The second-order valence-corrected chi connectivity index (χ2v) is 6.86. The molecular formula is C20H30O5. The van der Waals surface area contributed by atoms with Crippen LogP contribution in [-0.4, -0.2) is 45.6 Å². The van der Waals surface area contributed by atoms with Crippen LogP contribution >= 0.6 is 0 Å². The number of carbonyl (C=O) groups is 1. The number of ether oxygens (including phenoxy) is 4. The lowest BCUT2D eigenvalue weighted by molar-refractivity contribution is -0.137. The van der Waals surface area contributed by atoms with Crippen LogP contribution in [-0.2, 0) is 14.2 Å². The Kier molecular flexibility index (Phi) is 8.22. The lowest BCUT2D eigenvalue weighted by atomic mass is 9.90. The van der Waals surface area contributed by atoms with Crippen molar-refractivity contribution in [3.05, 3.63) is 29.8 Å². The highest BCUT2D eigenvalue weighted by atomic mass is 16.5. The van der Waals surface area contributed by atoms with Gasteiger partial charge in [0.05, 0.1) is 38.6 Å². The van der Waals surface area contributed by atoms with Gasteiger partial charge in [-0.1, -0.05) is 13.3 Å². The Morgan fingerprint density at radius 1 is 1.08 bits per heavy atom. The summed E-state index contributed by atoms with van der Waals surface area (Å²) >= 11 is 0. The van der Waals surface area contributed by atoms with E-state index in [1.54, 1.807) is 19.1 Å². The Hall–Kier alpha value is -1.59. The van der Waals surface area contributed by atoms with Gasteiger partial charge in [-0.25, -0.2) is 4.79 Å². The molecule has 0 amide bonds. The minimum atomic E-state index is -0.296. The van der Waals surface area contributed by atoms with Crippen molar-refractivity contribution in [2.24, 2.45) is 5.41 Å². The third-order valence-corrected chi connectivity index (χ3v) is 4.17. The topological polar surface area (TPSA) is 54.0 Å². The van der Waals surface area contributed by atoms with Gasteiger partial charge in [0.1, 0.15) is 5.75 Å². The number of hydrogen-bond acceptors (Lipinski definition) is 5. The minimum Gasteiger partial charge on any atom is -0.494 e. The number of unbranched alkanes of at least 4 members (excludes halogenated alkanes) is 3. The minimum absolute atomic E-state index is 0.247. The smallest absolute Gasteiger partial charge is 0.338 e. The lowest BCUT2D eigenvalue weighted by Crippen LogP contribution is -2.43. The molecule has 0 spiro atoms. The van der Waals surface area contributed by atoms with Gasteiger partial charge in [-0.2, -0.15) is 0 Å². The van der Waals surface area contributed by atoms with Crippen LogP contribution < -0.4 is 4.74 Å². The summed E-state index contributed by atoms with van der Waals surface area (Å²) in [5.74, 6) is 0.488. The maximum atomic E-state index is 11.6. The number of carbonyl (C=O) groups excluding carboxylic acids is 1. The number of rotatable bonds is 12. The first kappa shape index (κ1) is 19.7. The molecule has 0 atom stereocenters. The molecule has 1 saturated heterocycles. The fourth-order valence-corrected chi connectivity index (χ4v) is 2.60. The first-order chi connectivity index (χ1) is 12.1. The predicted molar refractivity (Wildman–Crippen MR) is 96.1 cm³/mol. The van der Waals surface area contributed by atoms with Gasteiger partial charge >= 0.3 is 5.97 Å². The molecule has 1 aromatic rings. The van der Waals surface area contributed by atoms with Gasteiger partial charge in [0.15, 0.2) is 0 Å². The van der Waals surface area contributed by atoms with E-state index in [2.05, 4.69) is 6.92 Å². The summed E-state index contributed by atoms with van der Waals surface area (Å²) in [7, 11) is 0. The zero-order valence-electron chi connectivity index (χ0n) is 15.4. The van der Waals surface area contributed by atoms with Crippen LogP contribution in [0.25, 0.3) is 0 Å². The summed E-state index contributed by atoms with van der Waals surface area (Å²) in [5.41, 5.74) is 0.799. The third-order valence-electron chi connectivity index (χ3n) is 4.17. The van der Waals surface area contributed by atoms with Crippen molar-refractivity contribution in [3.63, 3.8) is 0 Å². The van der Waals surface area contributed by atoms with Gasteiger partial charge in [0, 0.05) is 12.0 Å². The summed E-state index contributed by atoms with van der Waals surface area (Å²) < 4.78 is 21.6. The molecule has 5 heteroatoms. The Labute approximate surface area is 150 Å². The van der Waals surface area contributed by atoms with Crippen LogP contribution in [0.2, 0.25) is 0 Å². The molecule has 5 nitrogen and oxygen atoms in total. The lowest BCUT2D eigenvalue weighted by Gasteiger charge is -2.37. The molecule has 25 heavy (non-hydrogen) atoms. The second-order valence-electron chi connectivity index (χ2n) is 6.86. The fraction of sp³-hybridized carbons (Fsp3) is 0.650. The van der Waals surface area contributed by atoms with Crippen molar-refractivity contribution in [2.45, 2.75) is 39.5 Å². The Balaban J connectivity index is 1.46. The first-order valence-electron chi connectivity index (χ1n) is 9.18. The summed E-state index contributed by atoms with van der Waals surface area (Å²) in [5, 5.41) is 0. The SMILES string of the molecule is CCOC(=O)c1ccc(OCCCCCCOCC2(C)COC2)cc1. The zero-order valence-corrected chi connectivity index (χ0v) is 15.4. The van der Waals surface area contributed by atoms with Crippen LogP contribution in [0.3, 0.4) is 0 Å². The van der Waals surface area contributed by atoms with Gasteiger partial charge in [-0.15, -0.1) is 0 Å². The van der Waals surface area contributed by atoms with Crippen molar-refractivity contribution in [1.82, 2.24) is 0 Å². The molecular weight excluding hydrogens is 320 g/mol.